The minimum atomic E-state index is -0.335. The second-order valence-corrected chi connectivity index (χ2v) is 7.27. The maximum Gasteiger partial charge on any atom is 0.291 e. The lowest BCUT2D eigenvalue weighted by molar-refractivity contribution is 0.0953. The van der Waals surface area contributed by atoms with Crippen LogP contribution in [0.5, 0.6) is 0 Å². The molecule has 3 aromatic rings. The molecule has 152 valence electrons. The van der Waals surface area contributed by atoms with Crippen LogP contribution >= 0.6 is 0 Å². The number of rotatable bonds is 4. The number of fused-ring (bicyclic) bond motifs is 1. The molecule has 2 amide bonds. The number of nitrogens with one attached hydrogen (secondary N) is 2. The van der Waals surface area contributed by atoms with Gasteiger partial charge < -0.3 is 9.73 Å². The Kier molecular flexibility index (Phi) is 5.43. The Bertz CT molecular complexity index is 1120. The lowest BCUT2D eigenvalue weighted by atomic mass is 9.93. The van der Waals surface area contributed by atoms with E-state index in [1.807, 2.05) is 26.0 Å². The molecule has 2 heterocycles. The number of pyridine rings is 1. The number of hydrazone groups is 1. The number of amides is 2. The summed E-state index contributed by atoms with van der Waals surface area (Å²) in [5, 5.41) is 7.15. The van der Waals surface area contributed by atoms with E-state index in [1.165, 1.54) is 0 Å². The van der Waals surface area contributed by atoms with E-state index in [4.69, 9.17) is 4.42 Å². The standard InChI is InChI=1S/C23H22N4O3/c1-14-8-10-16(11-9-14)22(28)27-26-18-6-3-7-19-20(18)15(2)21(30-19)23(29)25-17-5-4-12-24-13-17/h4-5,8-13H,3,6-7H2,1-2H3,(H,25,29)(H,27,28)/b26-18+. The van der Waals surface area contributed by atoms with E-state index in [0.29, 0.717) is 17.7 Å². The van der Waals surface area contributed by atoms with E-state index in [9.17, 15) is 9.59 Å². The number of benzene rings is 1. The summed E-state index contributed by atoms with van der Waals surface area (Å²) < 4.78 is 5.88. The Balaban J connectivity index is 1.56. The van der Waals surface area contributed by atoms with E-state index < -0.39 is 0 Å². The predicted octanol–water partition coefficient (Wildman–Crippen LogP) is 4.01. The second-order valence-electron chi connectivity index (χ2n) is 7.27. The van der Waals surface area contributed by atoms with Gasteiger partial charge in [-0.1, -0.05) is 17.7 Å². The summed E-state index contributed by atoms with van der Waals surface area (Å²) in [6.45, 7) is 3.80. The van der Waals surface area contributed by atoms with Crippen molar-refractivity contribution in [3.05, 3.63) is 82.6 Å². The zero-order valence-corrected chi connectivity index (χ0v) is 16.9. The summed E-state index contributed by atoms with van der Waals surface area (Å²) in [6.07, 6.45) is 5.47. The largest absolute Gasteiger partial charge is 0.455 e. The van der Waals surface area contributed by atoms with E-state index >= 15 is 0 Å². The van der Waals surface area contributed by atoms with Gasteiger partial charge in [-0.05, 0) is 51.0 Å². The van der Waals surface area contributed by atoms with E-state index in [1.54, 1.807) is 36.7 Å². The van der Waals surface area contributed by atoms with E-state index in [-0.39, 0.29) is 17.6 Å². The van der Waals surface area contributed by atoms with Crippen molar-refractivity contribution < 1.29 is 14.0 Å². The van der Waals surface area contributed by atoms with Crippen molar-refractivity contribution in [2.24, 2.45) is 5.10 Å². The van der Waals surface area contributed by atoms with Crippen LogP contribution in [0.4, 0.5) is 5.69 Å². The third-order valence-corrected chi connectivity index (χ3v) is 5.06. The Morgan fingerprint density at radius 3 is 2.60 bits per heavy atom. The third kappa shape index (κ3) is 4.00. The first-order valence-corrected chi connectivity index (χ1v) is 9.80. The SMILES string of the molecule is Cc1ccc(C(=O)N/N=C2\CCCc3oc(C(=O)Nc4cccnc4)c(C)c32)cc1. The van der Waals surface area contributed by atoms with Crippen molar-refractivity contribution in [3.63, 3.8) is 0 Å². The van der Waals surface area contributed by atoms with Crippen molar-refractivity contribution in [1.29, 1.82) is 0 Å². The van der Waals surface area contributed by atoms with Gasteiger partial charge in [0, 0.05) is 29.3 Å². The monoisotopic (exact) mass is 402 g/mol. The van der Waals surface area contributed by atoms with Crippen LogP contribution in [0.15, 0.2) is 58.3 Å². The van der Waals surface area contributed by atoms with Crippen molar-refractivity contribution in [2.45, 2.75) is 33.1 Å². The zero-order chi connectivity index (χ0) is 21.1. The summed E-state index contributed by atoms with van der Waals surface area (Å²) >= 11 is 0. The summed E-state index contributed by atoms with van der Waals surface area (Å²) in [4.78, 5) is 29.1. The highest BCUT2D eigenvalue weighted by Crippen LogP contribution is 2.30. The first kappa shape index (κ1) is 19.6. The maximum absolute atomic E-state index is 12.7. The smallest absolute Gasteiger partial charge is 0.291 e. The molecule has 2 N–H and O–H groups in total. The number of anilines is 1. The predicted molar refractivity (Wildman–Crippen MR) is 114 cm³/mol. The van der Waals surface area contributed by atoms with E-state index in [2.05, 4.69) is 20.8 Å². The average Bonchev–Trinajstić information content (AvgIpc) is 3.10. The normalized spacial score (nSPS) is 14.3. The third-order valence-electron chi connectivity index (χ3n) is 5.06. The summed E-state index contributed by atoms with van der Waals surface area (Å²) in [7, 11) is 0. The van der Waals surface area contributed by atoms with Crippen LogP contribution in [-0.2, 0) is 6.42 Å². The molecule has 1 aliphatic rings. The highest BCUT2D eigenvalue weighted by Gasteiger charge is 2.28. The molecule has 30 heavy (non-hydrogen) atoms. The van der Waals surface area contributed by atoms with Crippen molar-refractivity contribution in [2.75, 3.05) is 5.32 Å². The van der Waals surface area contributed by atoms with Crippen LogP contribution in [0.25, 0.3) is 0 Å². The average molecular weight is 402 g/mol. The first-order chi connectivity index (χ1) is 14.5. The lowest BCUT2D eigenvalue weighted by Crippen LogP contribution is -2.22. The lowest BCUT2D eigenvalue weighted by Gasteiger charge is -2.13. The van der Waals surface area contributed by atoms with Gasteiger partial charge in [-0.15, -0.1) is 0 Å². The number of hydrogen-bond acceptors (Lipinski definition) is 5. The van der Waals surface area contributed by atoms with Gasteiger partial charge in [0.05, 0.1) is 17.6 Å². The number of aryl methyl sites for hydroxylation is 2. The number of furan rings is 1. The summed E-state index contributed by atoms with van der Waals surface area (Å²) in [5.74, 6) is 0.366. The molecule has 7 nitrogen and oxygen atoms in total. The van der Waals surface area contributed by atoms with Gasteiger partial charge in [-0.2, -0.15) is 5.10 Å². The van der Waals surface area contributed by atoms with Gasteiger partial charge in [-0.3, -0.25) is 14.6 Å². The molecule has 1 aromatic carbocycles. The van der Waals surface area contributed by atoms with E-state index in [0.717, 1.165) is 41.0 Å². The van der Waals surface area contributed by atoms with Gasteiger partial charge in [0.2, 0.25) is 0 Å². The van der Waals surface area contributed by atoms with Crippen LogP contribution in [0.3, 0.4) is 0 Å². The molecule has 0 bridgehead atoms. The van der Waals surface area contributed by atoms with Crippen LogP contribution < -0.4 is 10.7 Å². The highest BCUT2D eigenvalue weighted by atomic mass is 16.4. The molecule has 0 unspecified atom stereocenters. The molecule has 0 fully saturated rings. The molecular formula is C23H22N4O3. The van der Waals surface area contributed by atoms with Crippen molar-refractivity contribution >= 4 is 23.2 Å². The fraction of sp³-hybridized carbons (Fsp3) is 0.217. The van der Waals surface area contributed by atoms with Gasteiger partial charge in [-0.25, -0.2) is 5.43 Å². The Labute approximate surface area is 174 Å². The first-order valence-electron chi connectivity index (χ1n) is 9.80. The number of hydrogen-bond donors (Lipinski definition) is 2. The Hall–Kier alpha value is -3.74. The van der Waals surface area contributed by atoms with Gasteiger partial charge in [0.25, 0.3) is 11.8 Å². The molecule has 7 heteroatoms. The van der Waals surface area contributed by atoms with Crippen molar-refractivity contribution in [1.82, 2.24) is 10.4 Å². The summed E-state index contributed by atoms with van der Waals surface area (Å²) in [5.41, 5.74) is 7.10. The van der Waals surface area contributed by atoms with Crippen LogP contribution in [0.2, 0.25) is 0 Å². The van der Waals surface area contributed by atoms with Crippen LogP contribution in [-0.4, -0.2) is 22.5 Å². The topological polar surface area (TPSA) is 96.6 Å². The number of nitrogens with zero attached hydrogens (tertiary/aromatic N) is 2. The van der Waals surface area contributed by atoms with Gasteiger partial charge in [0.15, 0.2) is 5.76 Å². The molecular weight excluding hydrogens is 380 g/mol. The fourth-order valence-electron chi connectivity index (χ4n) is 3.51. The molecule has 0 saturated carbocycles. The molecule has 2 aromatic heterocycles. The van der Waals surface area contributed by atoms with Gasteiger partial charge in [0.1, 0.15) is 5.76 Å². The fourth-order valence-corrected chi connectivity index (χ4v) is 3.51. The minimum absolute atomic E-state index is 0.253. The molecule has 4 rings (SSSR count). The van der Waals surface area contributed by atoms with Crippen LogP contribution in [0.1, 0.15) is 56.2 Å². The van der Waals surface area contributed by atoms with Gasteiger partial charge >= 0.3 is 0 Å². The maximum atomic E-state index is 12.7. The highest BCUT2D eigenvalue weighted by molar-refractivity contribution is 6.09. The quantitative estimate of drug-likeness (QED) is 0.644. The molecule has 0 atom stereocenters. The zero-order valence-electron chi connectivity index (χ0n) is 16.9. The number of carbonyl (C=O) groups is 2. The Morgan fingerprint density at radius 2 is 1.87 bits per heavy atom. The van der Waals surface area contributed by atoms with Crippen molar-refractivity contribution in [3.8, 4) is 0 Å². The minimum Gasteiger partial charge on any atom is -0.455 e. The molecule has 1 aliphatic carbocycles. The molecule has 0 radical (unpaired) electrons. The molecule has 0 aliphatic heterocycles. The number of aromatic nitrogens is 1. The molecule has 0 spiro atoms. The number of carbonyl (C=O) groups excluding carboxylic acids is 2. The van der Waals surface area contributed by atoms with Crippen LogP contribution in [0, 0.1) is 13.8 Å². The second kappa shape index (κ2) is 8.32. The molecule has 0 saturated heterocycles. The summed E-state index contributed by atoms with van der Waals surface area (Å²) in [6, 6.07) is 10.8. The Morgan fingerprint density at radius 1 is 1.07 bits per heavy atom.